The largest absolute Gasteiger partial charge is 0.480 e. The van der Waals surface area contributed by atoms with Gasteiger partial charge in [0.25, 0.3) is 0 Å². The van der Waals surface area contributed by atoms with Gasteiger partial charge in [-0.15, -0.1) is 0 Å². The van der Waals surface area contributed by atoms with Gasteiger partial charge in [0, 0.05) is 59.2 Å². The van der Waals surface area contributed by atoms with Crippen LogP contribution in [0, 0.1) is 0 Å². The van der Waals surface area contributed by atoms with Crippen LogP contribution in [0.2, 0.25) is 0 Å². The molecule has 0 aromatic heterocycles. The molecule has 0 bridgehead atoms. The van der Waals surface area contributed by atoms with Crippen molar-refractivity contribution < 1.29 is 66.7 Å². The van der Waals surface area contributed by atoms with E-state index in [1.54, 1.807) is 0 Å². The van der Waals surface area contributed by atoms with E-state index < -0.39 is 59.6 Å². The van der Waals surface area contributed by atoms with E-state index in [2.05, 4.69) is 0 Å². The van der Waals surface area contributed by atoms with Gasteiger partial charge < -0.3 is 33.2 Å². The number of fused-ring (bicyclic) bond motifs is 1. The van der Waals surface area contributed by atoms with Crippen molar-refractivity contribution in [1.82, 2.24) is 0 Å². The summed E-state index contributed by atoms with van der Waals surface area (Å²) in [7, 11) is 0. The molecule has 0 fully saturated rings. The molecule has 0 unspecified atom stereocenters. The first-order valence-electron chi connectivity index (χ1n) is 11.8. The van der Waals surface area contributed by atoms with E-state index in [-0.39, 0.29) is 39.9 Å². The van der Waals surface area contributed by atoms with Crippen LogP contribution in [0.25, 0.3) is 0 Å². The molecule has 1 aliphatic rings. The van der Waals surface area contributed by atoms with Gasteiger partial charge in [0.15, 0.2) is 17.6 Å². The molecular weight excluding hydrogens is 548 g/mol. The van der Waals surface area contributed by atoms with Crippen LogP contribution in [0.4, 0.5) is 0 Å². The second kappa shape index (κ2) is 12.3. The van der Waals surface area contributed by atoms with E-state index in [9.17, 15) is 33.6 Å². The maximum Gasteiger partial charge on any atom is 0.308 e. The lowest BCUT2D eigenvalue weighted by atomic mass is 9.92. The first kappa shape index (κ1) is 30.3. The average Bonchev–Trinajstić information content (AvgIpc) is 2.80. The molecule has 3 rings (SSSR count). The van der Waals surface area contributed by atoms with Gasteiger partial charge in [-0.3, -0.25) is 33.6 Å². The number of carbonyl (C=O) groups excluding carboxylic acids is 7. The summed E-state index contributed by atoms with van der Waals surface area (Å²) in [6.07, 6.45) is -3.20. The van der Waals surface area contributed by atoms with Crippen LogP contribution in [0.15, 0.2) is 24.3 Å². The molecule has 0 amide bonds. The first-order valence-corrected chi connectivity index (χ1v) is 11.8. The minimum atomic E-state index is -1.70. The summed E-state index contributed by atoms with van der Waals surface area (Å²) in [5.41, 5.74) is -0.332. The van der Waals surface area contributed by atoms with Crippen molar-refractivity contribution in [3.63, 3.8) is 0 Å². The molecule has 0 spiro atoms. The zero-order valence-corrected chi connectivity index (χ0v) is 22.7. The Labute approximate surface area is 232 Å². The first-order chi connectivity index (χ1) is 19.2. The summed E-state index contributed by atoms with van der Waals surface area (Å²) in [4.78, 5) is 84.5. The molecule has 2 aromatic carbocycles. The monoisotopic (exact) mass is 572 g/mol. The Morgan fingerprint density at radius 2 is 1.10 bits per heavy atom. The highest BCUT2D eigenvalue weighted by Crippen LogP contribution is 2.47. The average molecular weight is 572 g/mol. The van der Waals surface area contributed by atoms with Crippen molar-refractivity contribution >= 4 is 41.6 Å². The summed E-state index contributed by atoms with van der Waals surface area (Å²) >= 11 is 0. The highest BCUT2D eigenvalue weighted by molar-refractivity contribution is 6.07. The molecule has 0 radical (unpaired) electrons. The fraction of sp³-hybridized carbons (Fsp3) is 0.296. The normalized spacial score (nSPS) is 15.4. The molecule has 41 heavy (non-hydrogen) atoms. The predicted molar refractivity (Wildman–Crippen MR) is 133 cm³/mol. The van der Waals surface area contributed by atoms with Gasteiger partial charge in [-0.2, -0.15) is 0 Å². The molecule has 0 N–H and O–H groups in total. The summed E-state index contributed by atoms with van der Waals surface area (Å²) in [6.45, 7) is 6.40. The maximum atomic E-state index is 13.7. The van der Waals surface area contributed by atoms with Crippen LogP contribution >= 0.6 is 0 Å². The Balaban J connectivity index is 2.30. The van der Waals surface area contributed by atoms with Crippen molar-refractivity contribution in [2.24, 2.45) is 0 Å². The number of Topliss-reactive ketones (excluding diaryl/α,β-unsaturated/α-hetero) is 1. The fourth-order valence-electron chi connectivity index (χ4n) is 3.84. The van der Waals surface area contributed by atoms with E-state index in [4.69, 9.17) is 33.2 Å². The number of hydrogen-bond acceptors (Lipinski definition) is 14. The molecule has 1 heterocycles. The molecule has 14 heteroatoms. The molecule has 2 aromatic rings. The zero-order chi connectivity index (χ0) is 30.6. The number of ketones is 1. The summed E-state index contributed by atoms with van der Waals surface area (Å²) in [6, 6.07) is 4.58. The highest BCUT2D eigenvalue weighted by Gasteiger charge is 2.44. The molecule has 1 aliphatic heterocycles. The quantitative estimate of drug-likeness (QED) is 0.348. The second-order valence-electron chi connectivity index (χ2n) is 8.54. The van der Waals surface area contributed by atoms with Gasteiger partial charge in [-0.25, -0.2) is 0 Å². The van der Waals surface area contributed by atoms with Crippen LogP contribution in [0.3, 0.4) is 0 Å². The van der Waals surface area contributed by atoms with Crippen LogP contribution in [0.5, 0.6) is 34.5 Å². The van der Waals surface area contributed by atoms with Crippen LogP contribution in [-0.4, -0.2) is 47.7 Å². The van der Waals surface area contributed by atoms with Crippen molar-refractivity contribution in [2.75, 3.05) is 0 Å². The topological polar surface area (TPSA) is 184 Å². The standard InChI is InChI=1S/C27H24O14/c1-11(28)35-18-9-19(36-12(2)29)23-20(10-18)41-25(27(24(23)34)40-16(6)33)17-7-21(37-13(3)30)26(39-15(5)32)22(8-17)38-14(4)31/h7-10,25,27H,1-6H3/t25-,27+/m1/s1. The number of esters is 6. The number of carbonyl (C=O) groups is 7. The van der Waals surface area contributed by atoms with Gasteiger partial charge in [0.2, 0.25) is 17.6 Å². The van der Waals surface area contributed by atoms with E-state index in [0.717, 1.165) is 59.7 Å². The minimum absolute atomic E-state index is 0.0365. The maximum absolute atomic E-state index is 13.7. The molecule has 0 saturated carbocycles. The Kier molecular flexibility index (Phi) is 9.07. The number of ether oxygens (including phenoxy) is 7. The molecule has 0 saturated heterocycles. The van der Waals surface area contributed by atoms with E-state index >= 15 is 0 Å². The molecule has 2 atom stereocenters. The third-order valence-electron chi connectivity index (χ3n) is 5.01. The fourth-order valence-corrected chi connectivity index (χ4v) is 3.84. The lowest BCUT2D eigenvalue weighted by Gasteiger charge is -2.33. The van der Waals surface area contributed by atoms with Crippen molar-refractivity contribution in [2.45, 2.75) is 53.8 Å². The molecule has 0 aliphatic carbocycles. The molecule has 14 nitrogen and oxygen atoms in total. The number of hydrogen-bond donors (Lipinski definition) is 0. The Morgan fingerprint density at radius 1 is 0.610 bits per heavy atom. The minimum Gasteiger partial charge on any atom is -0.480 e. The van der Waals surface area contributed by atoms with Crippen molar-refractivity contribution in [1.29, 1.82) is 0 Å². The van der Waals surface area contributed by atoms with Crippen LogP contribution in [0.1, 0.15) is 63.6 Å². The van der Waals surface area contributed by atoms with Crippen LogP contribution < -0.4 is 28.4 Å². The lowest BCUT2D eigenvalue weighted by Crippen LogP contribution is -2.40. The summed E-state index contributed by atoms with van der Waals surface area (Å²) < 4.78 is 37.0. The Bertz CT molecular complexity index is 1430. The van der Waals surface area contributed by atoms with Crippen molar-refractivity contribution in [3.8, 4) is 34.5 Å². The van der Waals surface area contributed by atoms with E-state index in [0.29, 0.717) is 0 Å². The van der Waals surface area contributed by atoms with Gasteiger partial charge >= 0.3 is 35.8 Å². The highest BCUT2D eigenvalue weighted by atomic mass is 16.6. The molecule has 216 valence electrons. The third-order valence-corrected chi connectivity index (χ3v) is 5.01. The van der Waals surface area contributed by atoms with Gasteiger partial charge in [-0.05, 0) is 12.1 Å². The zero-order valence-electron chi connectivity index (χ0n) is 22.7. The summed E-state index contributed by atoms with van der Waals surface area (Å²) in [5.74, 6) is -7.74. The molecular formula is C27H24O14. The Hall–Kier alpha value is -5.27. The SMILES string of the molecule is CC(=O)Oc1cc(OC(C)=O)c2c(c1)O[C@H](c1cc(OC(C)=O)c(OC(C)=O)c(OC(C)=O)c1)[C@@H](OC(C)=O)C2=O. The predicted octanol–water partition coefficient (Wildman–Crippen LogP) is 2.56. The van der Waals surface area contributed by atoms with Gasteiger partial charge in [0.05, 0.1) is 0 Å². The van der Waals surface area contributed by atoms with E-state index in [1.165, 1.54) is 6.07 Å². The third kappa shape index (κ3) is 7.44. The van der Waals surface area contributed by atoms with Gasteiger partial charge in [-0.1, -0.05) is 0 Å². The smallest absolute Gasteiger partial charge is 0.308 e. The second-order valence-corrected chi connectivity index (χ2v) is 8.54. The Morgan fingerprint density at radius 3 is 1.56 bits per heavy atom. The summed E-state index contributed by atoms with van der Waals surface area (Å²) in [5, 5.41) is 0. The lowest BCUT2D eigenvalue weighted by molar-refractivity contribution is -0.149. The number of rotatable bonds is 7. The van der Waals surface area contributed by atoms with Gasteiger partial charge in [0.1, 0.15) is 22.8 Å². The van der Waals surface area contributed by atoms with Crippen LogP contribution in [-0.2, 0) is 33.5 Å². The number of benzene rings is 2. The van der Waals surface area contributed by atoms with Crippen molar-refractivity contribution in [3.05, 3.63) is 35.4 Å². The van der Waals surface area contributed by atoms with E-state index in [1.807, 2.05) is 0 Å².